The lowest BCUT2D eigenvalue weighted by molar-refractivity contribution is 0.668. The summed E-state index contributed by atoms with van der Waals surface area (Å²) in [5, 5.41) is 8.57. The minimum Gasteiger partial charge on any atom is -0.456 e. The maximum absolute atomic E-state index is 6.67. The number of benzene rings is 8. The van der Waals surface area contributed by atoms with Crippen LogP contribution < -0.4 is 5.32 Å². The van der Waals surface area contributed by atoms with Crippen molar-refractivity contribution in [2.75, 3.05) is 0 Å². The van der Waals surface area contributed by atoms with Gasteiger partial charge in [0.05, 0.1) is 0 Å². The monoisotopic (exact) mass is 788 g/mol. The predicted molar refractivity (Wildman–Crippen MR) is 252 cm³/mol. The molecule has 1 N–H and O–H groups in total. The van der Waals surface area contributed by atoms with Crippen LogP contribution in [0.3, 0.4) is 0 Å². The van der Waals surface area contributed by atoms with Gasteiger partial charge < -0.3 is 9.73 Å². The van der Waals surface area contributed by atoms with Gasteiger partial charge in [-0.2, -0.15) is 0 Å². The first-order valence-electron chi connectivity index (χ1n) is 20.9. The Balaban J connectivity index is 1.04. The number of nitrogens with zero attached hydrogens (tertiary/aromatic N) is 1. The van der Waals surface area contributed by atoms with Crippen LogP contribution in [-0.4, -0.2) is 5.84 Å². The molecule has 0 saturated carbocycles. The fraction of sp³-hybridized carbons (Fsp3) is 0.0893. The van der Waals surface area contributed by atoms with Crippen molar-refractivity contribution >= 4 is 65.0 Å². The molecule has 0 bridgehead atoms. The van der Waals surface area contributed by atoms with Crippen molar-refractivity contribution in [3.8, 4) is 22.3 Å². The van der Waals surface area contributed by atoms with Crippen LogP contribution >= 0.6 is 11.3 Å². The van der Waals surface area contributed by atoms with Crippen molar-refractivity contribution in [2.45, 2.75) is 31.7 Å². The highest BCUT2D eigenvalue weighted by molar-refractivity contribution is 7.25. The van der Waals surface area contributed by atoms with E-state index in [4.69, 9.17) is 9.41 Å². The average molecular weight is 789 g/mol. The first kappa shape index (κ1) is 35.0. The molecule has 2 atom stereocenters. The van der Waals surface area contributed by atoms with Gasteiger partial charge in [-0.1, -0.05) is 146 Å². The van der Waals surface area contributed by atoms with Crippen LogP contribution in [0.1, 0.15) is 58.7 Å². The molecule has 0 saturated heterocycles. The number of hydrogen-bond donors (Lipinski definition) is 1. The molecule has 4 heteroatoms. The van der Waals surface area contributed by atoms with E-state index in [2.05, 4.69) is 194 Å². The first-order chi connectivity index (χ1) is 29.7. The fourth-order valence-corrected chi connectivity index (χ4v) is 11.1. The number of aliphatic imine (C=N–C) groups is 1. The molecular weight excluding hydrogens is 749 g/mol. The highest BCUT2D eigenvalue weighted by Gasteiger charge is 2.29. The van der Waals surface area contributed by atoms with Crippen LogP contribution in [0.5, 0.6) is 0 Å². The minimum atomic E-state index is -0.247. The molecule has 2 aromatic heterocycles. The highest BCUT2D eigenvalue weighted by atomic mass is 32.1. The minimum absolute atomic E-state index is 0.247. The van der Waals surface area contributed by atoms with E-state index in [1.807, 2.05) is 11.3 Å². The number of amidine groups is 1. The van der Waals surface area contributed by atoms with Gasteiger partial charge in [0.25, 0.3) is 0 Å². The molecule has 0 spiro atoms. The van der Waals surface area contributed by atoms with Crippen LogP contribution in [0.2, 0.25) is 0 Å². The second kappa shape index (κ2) is 14.1. The summed E-state index contributed by atoms with van der Waals surface area (Å²) in [7, 11) is 0. The van der Waals surface area contributed by atoms with Gasteiger partial charge in [0, 0.05) is 48.1 Å². The smallest absolute Gasteiger partial charge is 0.135 e. The molecule has 3 nitrogen and oxygen atoms in total. The Morgan fingerprint density at radius 2 is 1.28 bits per heavy atom. The first-order valence-corrected chi connectivity index (χ1v) is 21.7. The SMILES string of the molecule is CC1=C(c2ccccc2)NC(c2cccc3sc4ccccc4c23)=NC1c1cccc2oc3ccc(-c4ccc5c(c4)-c4ccccc4CCC5c4ccccc4)cc3c12. The summed E-state index contributed by atoms with van der Waals surface area (Å²) in [6, 6.07) is 66.0. The summed E-state index contributed by atoms with van der Waals surface area (Å²) in [6.07, 6.45) is 2.14. The second-order valence-corrected chi connectivity index (χ2v) is 17.3. The Morgan fingerprint density at radius 1 is 0.550 bits per heavy atom. The lowest BCUT2D eigenvalue weighted by Crippen LogP contribution is -2.30. The normalized spacial score (nSPS) is 16.4. The molecule has 1 aliphatic carbocycles. The standard InChI is InChI=1S/C56H40N2OS/c1-34-54(37-17-6-3-7-18-37)57-56(45-22-13-25-51-53(45)43-20-10-11-24-50(43)60-51)58-55(34)44-21-12-23-49-52(44)47-33-39(28-31-48(47)59-49)38-27-30-42-41(35-14-4-2-5-15-35)29-26-36-16-8-9-19-40(36)46(42)32-38/h2-25,27-28,30-33,41,55H,26,29H2,1H3,(H,57,58). The molecule has 10 aromatic rings. The third-order valence-electron chi connectivity index (χ3n) is 12.8. The third kappa shape index (κ3) is 5.66. The van der Waals surface area contributed by atoms with Crippen molar-refractivity contribution < 1.29 is 4.42 Å². The van der Waals surface area contributed by atoms with E-state index in [1.165, 1.54) is 64.7 Å². The summed E-state index contributed by atoms with van der Waals surface area (Å²) in [4.78, 5) is 5.65. The van der Waals surface area contributed by atoms with Gasteiger partial charge in [0.1, 0.15) is 23.0 Å². The number of nitrogens with one attached hydrogen (secondary N) is 1. The van der Waals surface area contributed by atoms with E-state index < -0.39 is 0 Å². The third-order valence-corrected chi connectivity index (χ3v) is 14.0. The van der Waals surface area contributed by atoms with Crippen molar-refractivity contribution in [3.05, 3.63) is 221 Å². The highest BCUT2D eigenvalue weighted by Crippen LogP contribution is 2.46. The molecule has 0 radical (unpaired) electrons. The molecule has 286 valence electrons. The Morgan fingerprint density at radius 3 is 2.18 bits per heavy atom. The fourth-order valence-electron chi connectivity index (χ4n) is 9.95. The second-order valence-electron chi connectivity index (χ2n) is 16.2. The maximum atomic E-state index is 6.67. The summed E-state index contributed by atoms with van der Waals surface area (Å²) >= 11 is 1.84. The Bertz CT molecular complexity index is 3370. The zero-order valence-electron chi connectivity index (χ0n) is 33.2. The van der Waals surface area contributed by atoms with Crippen LogP contribution in [0, 0.1) is 0 Å². The molecule has 1 aliphatic heterocycles. The van der Waals surface area contributed by atoms with Crippen LogP contribution in [0.4, 0.5) is 0 Å². The summed E-state index contributed by atoms with van der Waals surface area (Å²) in [6.45, 7) is 2.23. The van der Waals surface area contributed by atoms with Crippen LogP contribution in [0.15, 0.2) is 197 Å². The van der Waals surface area contributed by atoms with Gasteiger partial charge >= 0.3 is 0 Å². The van der Waals surface area contributed by atoms with Crippen LogP contribution in [0.25, 0.3) is 70.1 Å². The molecular formula is C56H40N2OS. The molecule has 2 aliphatic rings. The lowest BCUT2D eigenvalue weighted by atomic mass is 9.84. The van der Waals surface area contributed by atoms with E-state index in [1.54, 1.807) is 0 Å². The quantitative estimate of drug-likeness (QED) is 0.189. The molecule has 3 heterocycles. The van der Waals surface area contributed by atoms with Gasteiger partial charge in [0.15, 0.2) is 0 Å². The largest absolute Gasteiger partial charge is 0.456 e. The number of aryl methyl sites for hydroxylation is 1. The number of thiophene rings is 1. The Kier molecular flexibility index (Phi) is 8.21. The molecule has 8 aromatic carbocycles. The molecule has 12 rings (SSSR count). The van der Waals surface area contributed by atoms with Gasteiger partial charge in [-0.15, -0.1) is 11.3 Å². The zero-order chi connectivity index (χ0) is 39.7. The van der Waals surface area contributed by atoms with E-state index in [0.717, 1.165) is 63.0 Å². The van der Waals surface area contributed by atoms with E-state index in [9.17, 15) is 0 Å². The van der Waals surface area contributed by atoms with Crippen molar-refractivity contribution in [1.29, 1.82) is 0 Å². The average Bonchev–Trinajstić information content (AvgIpc) is 3.83. The van der Waals surface area contributed by atoms with Gasteiger partial charge in [-0.3, -0.25) is 4.99 Å². The summed E-state index contributed by atoms with van der Waals surface area (Å²) < 4.78 is 9.21. The van der Waals surface area contributed by atoms with E-state index in [-0.39, 0.29) is 6.04 Å². The lowest BCUT2D eigenvalue weighted by Gasteiger charge is -2.28. The van der Waals surface area contributed by atoms with Gasteiger partial charge in [-0.25, -0.2) is 0 Å². The van der Waals surface area contributed by atoms with Crippen LogP contribution in [-0.2, 0) is 6.42 Å². The Hall–Kier alpha value is -7.01. The van der Waals surface area contributed by atoms with Crippen molar-refractivity contribution in [3.63, 3.8) is 0 Å². The van der Waals surface area contributed by atoms with Crippen molar-refractivity contribution in [1.82, 2.24) is 5.32 Å². The van der Waals surface area contributed by atoms with Gasteiger partial charge in [-0.05, 0) is 112 Å². The molecule has 0 amide bonds. The van der Waals surface area contributed by atoms with E-state index >= 15 is 0 Å². The molecule has 60 heavy (non-hydrogen) atoms. The number of hydrogen-bond acceptors (Lipinski definition) is 4. The number of fused-ring (bicyclic) bond motifs is 9. The van der Waals surface area contributed by atoms with Gasteiger partial charge in [0.2, 0.25) is 0 Å². The summed E-state index contributed by atoms with van der Waals surface area (Å²) in [5.74, 6) is 1.21. The number of rotatable bonds is 5. The Labute approximate surface area is 353 Å². The van der Waals surface area contributed by atoms with Crippen molar-refractivity contribution in [2.24, 2.45) is 4.99 Å². The summed E-state index contributed by atoms with van der Waals surface area (Å²) in [5.41, 5.74) is 16.6. The molecule has 0 fully saturated rings. The zero-order valence-corrected chi connectivity index (χ0v) is 34.0. The topological polar surface area (TPSA) is 37.5 Å². The maximum Gasteiger partial charge on any atom is 0.135 e. The van der Waals surface area contributed by atoms with E-state index in [0.29, 0.717) is 5.92 Å². The molecule has 2 unspecified atom stereocenters. The number of furan rings is 1. The predicted octanol–water partition coefficient (Wildman–Crippen LogP) is 14.9.